The maximum atomic E-state index is 3.58. The Hall–Kier alpha value is 0.430. The van der Waals surface area contributed by atoms with Crippen LogP contribution in [0.3, 0.4) is 0 Å². The van der Waals surface area contributed by atoms with E-state index in [9.17, 15) is 0 Å². The third kappa shape index (κ3) is 2.46. The van der Waals surface area contributed by atoms with E-state index in [1.165, 1.54) is 20.0 Å². The van der Waals surface area contributed by atoms with Crippen LogP contribution in [0.4, 0.5) is 0 Å². The first-order valence-corrected chi connectivity index (χ1v) is 5.97. The van der Waals surface area contributed by atoms with E-state index in [1.807, 2.05) is 0 Å². The van der Waals surface area contributed by atoms with Gasteiger partial charge in [0, 0.05) is 8.04 Å². The molecule has 1 unspecified atom stereocenters. The van der Waals surface area contributed by atoms with Crippen molar-refractivity contribution in [1.82, 2.24) is 0 Å². The third-order valence-corrected chi connectivity index (χ3v) is 3.46. The summed E-state index contributed by atoms with van der Waals surface area (Å²) in [6.07, 6.45) is 1.19. The molecular formula is C10H12BrI. The Morgan fingerprint density at radius 1 is 1.50 bits per heavy atom. The Morgan fingerprint density at radius 3 is 2.67 bits per heavy atom. The second-order valence-electron chi connectivity index (χ2n) is 2.98. The van der Waals surface area contributed by atoms with Gasteiger partial charge in [-0.2, -0.15) is 0 Å². The molecule has 0 aliphatic carbocycles. The van der Waals surface area contributed by atoms with E-state index < -0.39 is 0 Å². The molecule has 0 fully saturated rings. The van der Waals surface area contributed by atoms with E-state index >= 15 is 0 Å². The minimum atomic E-state index is 0.649. The van der Waals surface area contributed by atoms with E-state index in [0.717, 1.165) is 0 Å². The van der Waals surface area contributed by atoms with Crippen LogP contribution in [0.1, 0.15) is 31.7 Å². The quantitative estimate of drug-likeness (QED) is 0.693. The summed E-state index contributed by atoms with van der Waals surface area (Å²) >= 11 is 5.91. The van der Waals surface area contributed by atoms with Crippen LogP contribution in [0.25, 0.3) is 0 Å². The van der Waals surface area contributed by atoms with Gasteiger partial charge in [0.15, 0.2) is 0 Å². The van der Waals surface area contributed by atoms with Crippen molar-refractivity contribution in [3.63, 3.8) is 0 Å². The van der Waals surface area contributed by atoms with Gasteiger partial charge in [0.25, 0.3) is 0 Å². The molecule has 1 rings (SSSR count). The predicted molar refractivity (Wildman–Crippen MR) is 65.6 cm³/mol. The lowest BCUT2D eigenvalue weighted by atomic mass is 9.99. The first-order valence-electron chi connectivity index (χ1n) is 4.10. The number of hydrogen-bond donors (Lipinski definition) is 0. The summed E-state index contributed by atoms with van der Waals surface area (Å²) in [4.78, 5) is 0. The summed E-state index contributed by atoms with van der Waals surface area (Å²) in [5, 5.41) is 0. The molecule has 0 radical (unpaired) electrons. The standard InChI is InChI=1S/C10H12BrI/c1-3-7(2)9-5-4-8(12)6-10(9)11/h4-7H,3H2,1-2H3. The van der Waals surface area contributed by atoms with E-state index in [0.29, 0.717) is 5.92 Å². The van der Waals surface area contributed by atoms with Crippen molar-refractivity contribution in [3.05, 3.63) is 31.8 Å². The van der Waals surface area contributed by atoms with Crippen molar-refractivity contribution in [1.29, 1.82) is 0 Å². The molecule has 0 amide bonds. The molecule has 1 aromatic carbocycles. The highest BCUT2D eigenvalue weighted by atomic mass is 127. The normalized spacial score (nSPS) is 13.0. The summed E-state index contributed by atoms with van der Waals surface area (Å²) in [6.45, 7) is 4.47. The van der Waals surface area contributed by atoms with Crippen LogP contribution < -0.4 is 0 Å². The average molecular weight is 339 g/mol. The highest BCUT2D eigenvalue weighted by molar-refractivity contribution is 14.1. The minimum Gasteiger partial charge on any atom is -0.0648 e. The van der Waals surface area contributed by atoms with Gasteiger partial charge in [-0.1, -0.05) is 35.8 Å². The lowest BCUT2D eigenvalue weighted by Crippen LogP contribution is -1.92. The summed E-state index contributed by atoms with van der Waals surface area (Å²) in [7, 11) is 0. The highest BCUT2D eigenvalue weighted by Crippen LogP contribution is 2.28. The van der Waals surface area contributed by atoms with Crippen LogP contribution in [-0.2, 0) is 0 Å². The van der Waals surface area contributed by atoms with E-state index in [1.54, 1.807) is 0 Å². The van der Waals surface area contributed by atoms with Crippen molar-refractivity contribution in [2.24, 2.45) is 0 Å². The smallest absolute Gasteiger partial charge is 0.0220 e. The van der Waals surface area contributed by atoms with Crippen LogP contribution >= 0.6 is 38.5 Å². The molecular weight excluding hydrogens is 327 g/mol. The van der Waals surface area contributed by atoms with E-state index in [4.69, 9.17) is 0 Å². The van der Waals surface area contributed by atoms with Crippen LogP contribution in [-0.4, -0.2) is 0 Å². The van der Waals surface area contributed by atoms with Crippen LogP contribution in [0, 0.1) is 3.57 Å². The van der Waals surface area contributed by atoms with Gasteiger partial charge >= 0.3 is 0 Å². The maximum Gasteiger partial charge on any atom is 0.0220 e. The third-order valence-electron chi connectivity index (χ3n) is 2.11. The molecule has 0 N–H and O–H groups in total. The van der Waals surface area contributed by atoms with Gasteiger partial charge in [-0.05, 0) is 52.6 Å². The monoisotopic (exact) mass is 338 g/mol. The average Bonchev–Trinajstić information content (AvgIpc) is 2.03. The Morgan fingerprint density at radius 2 is 2.17 bits per heavy atom. The molecule has 0 heterocycles. The fourth-order valence-electron chi connectivity index (χ4n) is 1.12. The second kappa shape index (κ2) is 4.61. The number of hydrogen-bond acceptors (Lipinski definition) is 0. The largest absolute Gasteiger partial charge is 0.0648 e. The van der Waals surface area contributed by atoms with Crippen molar-refractivity contribution in [2.45, 2.75) is 26.2 Å². The lowest BCUT2D eigenvalue weighted by Gasteiger charge is -2.11. The Kier molecular flexibility index (Phi) is 4.03. The van der Waals surface area contributed by atoms with Crippen LogP contribution in [0.15, 0.2) is 22.7 Å². The van der Waals surface area contributed by atoms with E-state index in [-0.39, 0.29) is 0 Å². The Bertz CT molecular complexity index is 271. The second-order valence-corrected chi connectivity index (χ2v) is 5.08. The van der Waals surface area contributed by atoms with Crippen molar-refractivity contribution < 1.29 is 0 Å². The molecule has 2 heteroatoms. The first kappa shape index (κ1) is 10.5. The Labute approximate surface area is 96.0 Å². The maximum absolute atomic E-state index is 3.58. The van der Waals surface area contributed by atoms with Gasteiger partial charge in [-0.25, -0.2) is 0 Å². The zero-order chi connectivity index (χ0) is 9.14. The van der Waals surface area contributed by atoms with Crippen molar-refractivity contribution in [3.8, 4) is 0 Å². The van der Waals surface area contributed by atoms with Gasteiger partial charge in [0.1, 0.15) is 0 Å². The molecule has 0 aromatic heterocycles. The van der Waals surface area contributed by atoms with Gasteiger partial charge in [0.05, 0.1) is 0 Å². The predicted octanol–water partition coefficient (Wildman–Crippen LogP) is 4.57. The van der Waals surface area contributed by atoms with Crippen molar-refractivity contribution in [2.75, 3.05) is 0 Å². The minimum absolute atomic E-state index is 0.649. The molecule has 12 heavy (non-hydrogen) atoms. The van der Waals surface area contributed by atoms with Gasteiger partial charge < -0.3 is 0 Å². The number of halogens is 2. The van der Waals surface area contributed by atoms with Crippen molar-refractivity contribution >= 4 is 38.5 Å². The molecule has 0 aliphatic rings. The highest BCUT2D eigenvalue weighted by Gasteiger charge is 2.06. The number of benzene rings is 1. The molecule has 0 spiro atoms. The Balaban J connectivity index is 3.01. The van der Waals surface area contributed by atoms with E-state index in [2.05, 4.69) is 70.6 Å². The van der Waals surface area contributed by atoms with Gasteiger partial charge in [-0.15, -0.1) is 0 Å². The van der Waals surface area contributed by atoms with Crippen LogP contribution in [0.5, 0.6) is 0 Å². The zero-order valence-electron chi connectivity index (χ0n) is 7.27. The molecule has 66 valence electrons. The molecule has 1 aromatic rings. The molecule has 0 saturated heterocycles. The topological polar surface area (TPSA) is 0 Å². The summed E-state index contributed by atoms with van der Waals surface area (Å²) < 4.78 is 2.52. The summed E-state index contributed by atoms with van der Waals surface area (Å²) in [5.74, 6) is 0.649. The first-order chi connectivity index (χ1) is 5.65. The SMILES string of the molecule is CCC(C)c1ccc(I)cc1Br. The van der Waals surface area contributed by atoms with Crippen LogP contribution in [0.2, 0.25) is 0 Å². The molecule has 0 aliphatic heterocycles. The zero-order valence-corrected chi connectivity index (χ0v) is 11.0. The van der Waals surface area contributed by atoms with Gasteiger partial charge in [-0.3, -0.25) is 0 Å². The molecule has 0 bridgehead atoms. The fourth-order valence-corrected chi connectivity index (χ4v) is 2.81. The summed E-state index contributed by atoms with van der Waals surface area (Å²) in [6, 6.07) is 6.54. The lowest BCUT2D eigenvalue weighted by molar-refractivity contribution is 0.730. The summed E-state index contributed by atoms with van der Waals surface area (Å²) in [5.41, 5.74) is 1.41. The number of rotatable bonds is 2. The fraction of sp³-hybridized carbons (Fsp3) is 0.400. The van der Waals surface area contributed by atoms with Gasteiger partial charge in [0.2, 0.25) is 0 Å². The molecule has 0 nitrogen and oxygen atoms in total. The molecule has 0 saturated carbocycles. The molecule has 1 atom stereocenters.